The maximum Gasteiger partial charge on any atom is 0.266 e. The highest BCUT2D eigenvalue weighted by atomic mass is 32.2. The molecule has 0 unspecified atom stereocenters. The number of amidine groups is 1. The van der Waals surface area contributed by atoms with E-state index in [1.165, 1.54) is 28.4 Å². The van der Waals surface area contributed by atoms with Gasteiger partial charge in [0.2, 0.25) is 5.91 Å². The Labute approximate surface area is 147 Å². The molecule has 0 aliphatic carbocycles. The van der Waals surface area contributed by atoms with Crippen molar-refractivity contribution in [3.8, 4) is 0 Å². The van der Waals surface area contributed by atoms with Crippen LogP contribution in [0.25, 0.3) is 6.08 Å². The van der Waals surface area contributed by atoms with Gasteiger partial charge < -0.3 is 5.32 Å². The van der Waals surface area contributed by atoms with Crippen molar-refractivity contribution in [3.05, 3.63) is 40.8 Å². The molecule has 1 N–H and O–H groups in total. The molecule has 0 bridgehead atoms. The maximum absolute atomic E-state index is 12.4. The molecule has 0 aromatic heterocycles. The van der Waals surface area contributed by atoms with Gasteiger partial charge in [-0.05, 0) is 11.6 Å². The second kappa shape index (κ2) is 7.29. The summed E-state index contributed by atoms with van der Waals surface area (Å²) in [7, 11) is 0. The zero-order valence-electron chi connectivity index (χ0n) is 12.0. The largest absolute Gasteiger partial charge is 0.304 e. The van der Waals surface area contributed by atoms with E-state index in [1.54, 1.807) is 6.08 Å². The average molecular weight is 363 g/mol. The molecule has 0 atom stereocenters. The molecule has 0 spiro atoms. The Kier molecular flexibility index (Phi) is 5.14. The number of carbonyl (C=O) groups is 2. The first-order valence-corrected chi connectivity index (χ1v) is 9.12. The van der Waals surface area contributed by atoms with Gasteiger partial charge in [-0.1, -0.05) is 66.1 Å². The number of hydrogen-bond acceptors (Lipinski definition) is 6. The van der Waals surface area contributed by atoms with Crippen molar-refractivity contribution < 1.29 is 9.59 Å². The third-order valence-corrected chi connectivity index (χ3v) is 5.37. The molecule has 0 radical (unpaired) electrons. The SMILES string of the molecule is O=C(CN1C(=O)/C(=C/c2ccccc2)SC1=S)NC1=NCCS1. The molecule has 2 amide bonds. The van der Waals surface area contributed by atoms with E-state index in [1.807, 2.05) is 30.3 Å². The second-order valence-electron chi connectivity index (χ2n) is 4.76. The van der Waals surface area contributed by atoms with E-state index in [2.05, 4.69) is 10.3 Å². The Balaban J connectivity index is 1.66. The number of amides is 2. The number of carbonyl (C=O) groups excluding carboxylic acids is 2. The fourth-order valence-corrected chi connectivity index (χ4v) is 4.05. The van der Waals surface area contributed by atoms with Crippen LogP contribution in [0.1, 0.15) is 5.56 Å². The lowest BCUT2D eigenvalue weighted by molar-refractivity contribution is -0.128. The van der Waals surface area contributed by atoms with E-state index in [4.69, 9.17) is 12.2 Å². The summed E-state index contributed by atoms with van der Waals surface area (Å²) in [6, 6.07) is 9.54. The summed E-state index contributed by atoms with van der Waals surface area (Å²) in [6.45, 7) is 0.623. The molecule has 1 saturated heterocycles. The van der Waals surface area contributed by atoms with Crippen LogP contribution in [-0.4, -0.2) is 45.0 Å². The summed E-state index contributed by atoms with van der Waals surface area (Å²) in [6.07, 6.45) is 1.79. The summed E-state index contributed by atoms with van der Waals surface area (Å²) >= 11 is 7.94. The molecule has 5 nitrogen and oxygen atoms in total. The van der Waals surface area contributed by atoms with E-state index >= 15 is 0 Å². The number of nitrogens with one attached hydrogen (secondary N) is 1. The van der Waals surface area contributed by atoms with Gasteiger partial charge in [0.1, 0.15) is 10.9 Å². The monoisotopic (exact) mass is 363 g/mol. The van der Waals surface area contributed by atoms with Crippen LogP contribution in [0.2, 0.25) is 0 Å². The van der Waals surface area contributed by atoms with Gasteiger partial charge in [-0.25, -0.2) is 0 Å². The van der Waals surface area contributed by atoms with Gasteiger partial charge >= 0.3 is 0 Å². The van der Waals surface area contributed by atoms with E-state index in [9.17, 15) is 9.59 Å². The number of hydrogen-bond donors (Lipinski definition) is 1. The van der Waals surface area contributed by atoms with Crippen molar-refractivity contribution >= 4 is 63.1 Å². The minimum atomic E-state index is -0.282. The zero-order valence-corrected chi connectivity index (χ0v) is 14.5. The average Bonchev–Trinajstić information content (AvgIpc) is 3.13. The van der Waals surface area contributed by atoms with Gasteiger partial charge in [-0.15, -0.1) is 0 Å². The lowest BCUT2D eigenvalue weighted by Gasteiger charge is -2.13. The molecule has 2 aliphatic heterocycles. The molecule has 3 rings (SSSR count). The smallest absolute Gasteiger partial charge is 0.266 e. The highest BCUT2D eigenvalue weighted by Gasteiger charge is 2.33. The Morgan fingerprint density at radius 2 is 2.17 bits per heavy atom. The summed E-state index contributed by atoms with van der Waals surface area (Å²) in [5, 5.41) is 3.31. The number of aliphatic imine (C=N–C) groups is 1. The molecule has 118 valence electrons. The number of benzene rings is 1. The van der Waals surface area contributed by atoms with E-state index < -0.39 is 0 Å². The molecule has 1 fully saturated rings. The Morgan fingerprint density at radius 1 is 1.39 bits per heavy atom. The normalized spacial score (nSPS) is 19.4. The summed E-state index contributed by atoms with van der Waals surface area (Å²) in [5.74, 6) is 0.353. The van der Waals surface area contributed by atoms with Crippen LogP contribution in [0.3, 0.4) is 0 Å². The molecule has 1 aromatic rings. The van der Waals surface area contributed by atoms with Crippen molar-refractivity contribution in [1.29, 1.82) is 0 Å². The van der Waals surface area contributed by atoms with Gasteiger partial charge in [0.25, 0.3) is 5.91 Å². The quantitative estimate of drug-likeness (QED) is 0.658. The Morgan fingerprint density at radius 3 is 2.87 bits per heavy atom. The topological polar surface area (TPSA) is 61.8 Å². The number of nitrogens with zero attached hydrogens (tertiary/aromatic N) is 2. The molecular weight excluding hydrogens is 350 g/mol. The lowest BCUT2D eigenvalue weighted by atomic mass is 10.2. The summed E-state index contributed by atoms with van der Waals surface area (Å²) in [5.41, 5.74) is 0.925. The fraction of sp³-hybridized carbons (Fsp3) is 0.200. The van der Waals surface area contributed by atoms with Crippen LogP contribution in [0, 0.1) is 0 Å². The Bertz CT molecular complexity index is 716. The van der Waals surface area contributed by atoms with Crippen LogP contribution in [0.15, 0.2) is 40.2 Å². The van der Waals surface area contributed by atoms with Crippen molar-refractivity contribution in [1.82, 2.24) is 10.2 Å². The predicted octanol–water partition coefficient (Wildman–Crippen LogP) is 2.11. The first-order valence-electron chi connectivity index (χ1n) is 6.91. The maximum atomic E-state index is 12.4. The van der Waals surface area contributed by atoms with Gasteiger partial charge in [-0.3, -0.25) is 19.5 Å². The van der Waals surface area contributed by atoms with Gasteiger partial charge in [-0.2, -0.15) is 0 Å². The standard InChI is InChI=1S/C15H13N3O2S3/c19-12(17-14-16-6-7-22-14)9-18-13(20)11(23-15(18)21)8-10-4-2-1-3-5-10/h1-5,8H,6-7,9H2,(H,16,17,19)/b11-8-. The molecule has 8 heteroatoms. The van der Waals surface area contributed by atoms with Crippen LogP contribution >= 0.6 is 35.7 Å². The van der Waals surface area contributed by atoms with Crippen molar-refractivity contribution in [2.75, 3.05) is 18.8 Å². The third-order valence-electron chi connectivity index (χ3n) is 3.10. The van der Waals surface area contributed by atoms with Gasteiger partial charge in [0.05, 0.1) is 11.4 Å². The van der Waals surface area contributed by atoms with Crippen LogP contribution in [0.5, 0.6) is 0 Å². The first kappa shape index (κ1) is 16.2. The fourth-order valence-electron chi connectivity index (χ4n) is 2.05. The van der Waals surface area contributed by atoms with Crippen LogP contribution in [0.4, 0.5) is 0 Å². The van der Waals surface area contributed by atoms with Crippen molar-refractivity contribution in [2.45, 2.75) is 0 Å². The van der Waals surface area contributed by atoms with Crippen LogP contribution in [-0.2, 0) is 9.59 Å². The molecular formula is C15H13N3O2S3. The third kappa shape index (κ3) is 4.01. The lowest BCUT2D eigenvalue weighted by Crippen LogP contribution is -2.40. The van der Waals surface area contributed by atoms with Crippen LogP contribution < -0.4 is 5.32 Å². The highest BCUT2D eigenvalue weighted by molar-refractivity contribution is 8.26. The number of rotatable bonds is 3. The molecule has 0 saturated carbocycles. The molecule has 1 aromatic carbocycles. The van der Waals surface area contributed by atoms with Crippen molar-refractivity contribution in [2.24, 2.45) is 4.99 Å². The minimum Gasteiger partial charge on any atom is -0.304 e. The van der Waals surface area contributed by atoms with E-state index in [-0.39, 0.29) is 18.4 Å². The molecule has 2 aliphatic rings. The summed E-state index contributed by atoms with van der Waals surface area (Å²) in [4.78, 5) is 30.5. The number of thioether (sulfide) groups is 2. The van der Waals surface area contributed by atoms with Gasteiger partial charge in [0.15, 0.2) is 5.17 Å². The van der Waals surface area contributed by atoms with E-state index in [0.717, 1.165) is 11.3 Å². The van der Waals surface area contributed by atoms with Gasteiger partial charge in [0, 0.05) is 5.75 Å². The first-order chi connectivity index (χ1) is 11.1. The van der Waals surface area contributed by atoms with E-state index in [0.29, 0.717) is 20.9 Å². The molecule has 2 heterocycles. The highest BCUT2D eigenvalue weighted by Crippen LogP contribution is 2.32. The van der Waals surface area contributed by atoms with Crippen molar-refractivity contribution in [3.63, 3.8) is 0 Å². The minimum absolute atomic E-state index is 0.0869. The predicted molar refractivity (Wildman–Crippen MR) is 99.2 cm³/mol. The Hall–Kier alpha value is -1.64. The number of thiocarbonyl (C=S) groups is 1. The molecule has 23 heavy (non-hydrogen) atoms. The summed E-state index contributed by atoms with van der Waals surface area (Å²) < 4.78 is 0.397. The second-order valence-corrected chi connectivity index (χ2v) is 7.52. The zero-order chi connectivity index (χ0) is 16.2.